The summed E-state index contributed by atoms with van der Waals surface area (Å²) in [6.45, 7) is 12.6. The predicted molar refractivity (Wildman–Crippen MR) is 74.8 cm³/mol. The van der Waals surface area contributed by atoms with E-state index in [9.17, 15) is 8.60 Å². The number of hydrogen-bond acceptors (Lipinski definition) is 1. The average molecular weight is 280 g/mol. The highest BCUT2D eigenvalue weighted by atomic mass is 32.2. The Hall–Kier alpha value is -1.25. The molecule has 0 spiro atoms. The van der Waals surface area contributed by atoms with Gasteiger partial charge in [-0.2, -0.15) is 0 Å². The zero-order chi connectivity index (χ0) is 14.2. The first-order valence-corrected chi connectivity index (χ1v) is 7.35. The molecule has 1 aliphatic carbocycles. The molecule has 102 valence electrons. The maximum Gasteiger partial charge on any atom is 0.222 e. The molecule has 0 fully saturated rings. The number of halogens is 1. The summed E-state index contributed by atoms with van der Waals surface area (Å²) in [6.07, 6.45) is 1.58. The lowest BCUT2D eigenvalue weighted by Crippen LogP contribution is -2.35. The molecule has 3 nitrogen and oxygen atoms in total. The van der Waals surface area contributed by atoms with Gasteiger partial charge < -0.3 is 0 Å². The van der Waals surface area contributed by atoms with E-state index in [1.165, 1.54) is 6.07 Å². The molecule has 0 heterocycles. The van der Waals surface area contributed by atoms with Gasteiger partial charge in [0.25, 0.3) is 0 Å². The molecule has 1 aliphatic rings. The van der Waals surface area contributed by atoms with Crippen molar-refractivity contribution >= 4 is 16.7 Å². The molecule has 2 rings (SSSR count). The quantitative estimate of drug-likeness (QED) is 0.827. The topological polar surface area (TPSA) is 33.5 Å². The number of rotatable bonds is 2. The average Bonchev–Trinajstić information content (AvgIpc) is 2.69. The molecule has 0 amide bonds. The van der Waals surface area contributed by atoms with Crippen molar-refractivity contribution < 1.29 is 8.60 Å². The van der Waals surface area contributed by atoms with Crippen molar-refractivity contribution in [3.8, 4) is 0 Å². The summed E-state index contributed by atoms with van der Waals surface area (Å²) in [5, 5.41) is 0. The third kappa shape index (κ3) is 2.85. The zero-order valence-corrected chi connectivity index (χ0v) is 12.1. The van der Waals surface area contributed by atoms with Crippen molar-refractivity contribution in [2.24, 2.45) is 0 Å². The van der Waals surface area contributed by atoms with E-state index in [0.717, 1.165) is 24.0 Å². The molecule has 19 heavy (non-hydrogen) atoms. The van der Waals surface area contributed by atoms with E-state index >= 15 is 0 Å². The monoisotopic (exact) mass is 280 g/mol. The van der Waals surface area contributed by atoms with Crippen molar-refractivity contribution in [1.82, 2.24) is 4.72 Å². The van der Waals surface area contributed by atoms with Crippen LogP contribution in [0.4, 0.5) is 10.1 Å². The van der Waals surface area contributed by atoms with Crippen molar-refractivity contribution in [3.63, 3.8) is 0 Å². The number of nitrogens with zero attached hydrogens (tertiary/aromatic N) is 1. The second-order valence-electron chi connectivity index (χ2n) is 5.70. The van der Waals surface area contributed by atoms with Gasteiger partial charge in [0.2, 0.25) is 5.69 Å². The Bertz CT molecular complexity index is 572. The van der Waals surface area contributed by atoms with Gasteiger partial charge in [-0.25, -0.2) is 18.2 Å². The van der Waals surface area contributed by atoms with Crippen LogP contribution in [0, 0.1) is 12.4 Å². The Balaban J connectivity index is 2.26. The summed E-state index contributed by atoms with van der Waals surface area (Å²) in [4.78, 5) is 3.17. The highest BCUT2D eigenvalue weighted by Gasteiger charge is 2.29. The molecule has 0 radical (unpaired) electrons. The summed E-state index contributed by atoms with van der Waals surface area (Å²) in [6, 6.07) is 2.93. The molecular weight excluding hydrogens is 263 g/mol. The number of nitrogens with one attached hydrogen (secondary N) is 1. The van der Waals surface area contributed by atoms with Gasteiger partial charge in [-0.1, -0.05) is 5.56 Å². The van der Waals surface area contributed by atoms with E-state index in [1.54, 1.807) is 6.07 Å². The summed E-state index contributed by atoms with van der Waals surface area (Å²) in [5.41, 5.74) is 1.88. The smallest absolute Gasteiger partial charge is 0.222 e. The Morgan fingerprint density at radius 3 is 2.74 bits per heavy atom. The first-order chi connectivity index (χ1) is 8.82. The molecule has 0 unspecified atom stereocenters. The van der Waals surface area contributed by atoms with Crippen molar-refractivity contribution in [2.45, 2.75) is 44.4 Å². The molecule has 2 atom stereocenters. The Labute approximate surface area is 115 Å². The van der Waals surface area contributed by atoms with Crippen LogP contribution < -0.4 is 4.72 Å². The molecule has 0 saturated carbocycles. The van der Waals surface area contributed by atoms with E-state index in [4.69, 9.17) is 6.57 Å². The molecule has 5 heteroatoms. The van der Waals surface area contributed by atoms with Crippen LogP contribution in [0.25, 0.3) is 4.85 Å². The van der Waals surface area contributed by atoms with Gasteiger partial charge in [0.05, 0.1) is 22.3 Å². The second kappa shape index (κ2) is 5.03. The number of fused-ring (bicyclic) bond motifs is 1. The summed E-state index contributed by atoms with van der Waals surface area (Å²) < 4.78 is 28.5. The summed E-state index contributed by atoms with van der Waals surface area (Å²) in [7, 11) is -1.18. The molecule has 1 aromatic carbocycles. The SMILES string of the molecule is [C-]#[N+]c1cc2c(cc1F)[C@H](N[S@](=O)C(C)(C)C)CC2. The minimum absolute atomic E-state index is 0.0661. The molecular formula is C14H17FN2OS. The standard InChI is InChI=1S/C14H17FN2OS/c1-14(2,3)19(18)17-12-6-5-9-7-13(16-4)11(15)8-10(9)12/h7-8,12,17H,5-6H2,1-3H3/t12-,19-/m1/s1. The molecule has 0 bridgehead atoms. The predicted octanol–water partition coefficient (Wildman–Crippen LogP) is 3.42. The number of benzene rings is 1. The van der Waals surface area contributed by atoms with Crippen molar-refractivity contribution in [1.29, 1.82) is 0 Å². The fourth-order valence-corrected chi connectivity index (χ4v) is 2.99. The summed E-state index contributed by atoms with van der Waals surface area (Å²) >= 11 is 0. The van der Waals surface area contributed by atoms with Crippen LogP contribution in [0.3, 0.4) is 0 Å². The lowest BCUT2D eigenvalue weighted by molar-refractivity contribution is 0.591. The van der Waals surface area contributed by atoms with Crippen LogP contribution in [-0.2, 0) is 17.4 Å². The lowest BCUT2D eigenvalue weighted by Gasteiger charge is -2.22. The largest absolute Gasteiger partial charge is 0.242 e. The maximum atomic E-state index is 13.7. The van der Waals surface area contributed by atoms with E-state index in [2.05, 4.69) is 9.57 Å². The Morgan fingerprint density at radius 1 is 1.47 bits per heavy atom. The normalized spacial score (nSPS) is 19.8. The van der Waals surface area contributed by atoms with Crippen LogP contribution in [0.5, 0.6) is 0 Å². The third-order valence-electron chi connectivity index (χ3n) is 3.21. The number of aryl methyl sites for hydroxylation is 1. The van der Waals surface area contributed by atoms with E-state index in [0.29, 0.717) is 0 Å². The van der Waals surface area contributed by atoms with Crippen LogP contribution in [0.2, 0.25) is 0 Å². The van der Waals surface area contributed by atoms with E-state index < -0.39 is 16.8 Å². The van der Waals surface area contributed by atoms with Gasteiger partial charge in [0.1, 0.15) is 5.82 Å². The van der Waals surface area contributed by atoms with Gasteiger partial charge >= 0.3 is 0 Å². The number of hydrogen-bond donors (Lipinski definition) is 1. The van der Waals surface area contributed by atoms with Gasteiger partial charge in [-0.05, 0) is 51.3 Å². The molecule has 1 aromatic rings. The summed E-state index contributed by atoms with van der Waals surface area (Å²) in [5.74, 6) is -0.496. The highest BCUT2D eigenvalue weighted by Crippen LogP contribution is 2.36. The van der Waals surface area contributed by atoms with E-state index in [-0.39, 0.29) is 16.5 Å². The third-order valence-corrected chi connectivity index (χ3v) is 4.82. The molecule has 0 aromatic heterocycles. The first kappa shape index (κ1) is 14.2. The van der Waals surface area contributed by atoms with E-state index in [1.807, 2.05) is 20.8 Å². The minimum atomic E-state index is -1.18. The van der Waals surface area contributed by atoms with Gasteiger partial charge in [0.15, 0.2) is 0 Å². The lowest BCUT2D eigenvalue weighted by atomic mass is 10.1. The molecule has 0 aliphatic heterocycles. The second-order valence-corrected chi connectivity index (χ2v) is 7.70. The highest BCUT2D eigenvalue weighted by molar-refractivity contribution is 7.84. The zero-order valence-electron chi connectivity index (χ0n) is 11.3. The maximum absolute atomic E-state index is 13.7. The van der Waals surface area contributed by atoms with Crippen molar-refractivity contribution in [2.75, 3.05) is 0 Å². The molecule has 0 saturated heterocycles. The molecule has 1 N–H and O–H groups in total. The fraction of sp³-hybridized carbons (Fsp3) is 0.500. The Morgan fingerprint density at radius 2 is 2.16 bits per heavy atom. The van der Waals surface area contributed by atoms with Crippen molar-refractivity contribution in [3.05, 3.63) is 40.5 Å². The van der Waals surface area contributed by atoms with Gasteiger partial charge in [0, 0.05) is 6.04 Å². The van der Waals surface area contributed by atoms with Gasteiger partial charge in [-0.3, -0.25) is 0 Å². The first-order valence-electron chi connectivity index (χ1n) is 6.20. The fourth-order valence-electron chi connectivity index (χ4n) is 2.13. The van der Waals surface area contributed by atoms with Crippen LogP contribution >= 0.6 is 0 Å². The Kier molecular flexibility index (Phi) is 3.75. The van der Waals surface area contributed by atoms with Crippen LogP contribution in [0.15, 0.2) is 12.1 Å². The minimum Gasteiger partial charge on any atom is -0.242 e. The van der Waals surface area contributed by atoms with Gasteiger partial charge in [-0.15, -0.1) is 0 Å². The van der Waals surface area contributed by atoms with Crippen LogP contribution in [0.1, 0.15) is 44.4 Å². The van der Waals surface area contributed by atoms with Crippen LogP contribution in [-0.4, -0.2) is 8.96 Å².